The third kappa shape index (κ3) is 4.23. The average Bonchev–Trinajstić information content (AvgIpc) is 3.23. The number of pyridine rings is 1. The van der Waals surface area contributed by atoms with Crippen molar-refractivity contribution in [3.05, 3.63) is 48.3 Å². The zero-order valence-electron chi connectivity index (χ0n) is 19.5. The number of fused-ring (bicyclic) bond motifs is 1. The topological polar surface area (TPSA) is 49.9 Å². The number of nitrogens with one attached hydrogen (secondary N) is 1. The first-order valence-electron chi connectivity index (χ1n) is 11.5. The molecule has 2 aromatic carbocycles. The Hall–Kier alpha value is -2.90. The maximum Gasteiger partial charge on any atom is 0.165 e. The Balaban J connectivity index is 1.52. The smallest absolute Gasteiger partial charge is 0.165 e. The summed E-state index contributed by atoms with van der Waals surface area (Å²) in [7, 11) is 5.56. The normalized spacial score (nSPS) is 17.5. The van der Waals surface area contributed by atoms with E-state index in [9.17, 15) is 4.39 Å². The number of rotatable bonds is 7. The van der Waals surface area contributed by atoms with Gasteiger partial charge in [-0.25, -0.2) is 9.37 Å². The van der Waals surface area contributed by atoms with Crippen LogP contribution in [-0.4, -0.2) is 70.4 Å². The van der Waals surface area contributed by atoms with Gasteiger partial charge in [-0.05, 0) is 56.9 Å². The molecule has 174 valence electrons. The summed E-state index contributed by atoms with van der Waals surface area (Å²) >= 11 is 0. The highest BCUT2D eigenvalue weighted by atomic mass is 19.1. The molecule has 6 nitrogen and oxygen atoms in total. The second-order valence-corrected chi connectivity index (χ2v) is 9.35. The Morgan fingerprint density at radius 2 is 1.91 bits per heavy atom. The van der Waals surface area contributed by atoms with Crippen LogP contribution in [-0.2, 0) is 0 Å². The standard InChI is InChI=1S/C26H31FN4O2/c1-28-9-11-33-19-6-4-18(5-7-19)22-13-24(31-10-8-26(17-31)15-30(2)16-26)20-12-21(27)25(32-3)14-23(20)29-22/h4-7,12-14,28H,8-11,15-17H2,1-3H3. The van der Waals surface area contributed by atoms with E-state index < -0.39 is 0 Å². The van der Waals surface area contributed by atoms with E-state index in [1.807, 2.05) is 31.3 Å². The van der Waals surface area contributed by atoms with Crippen LogP contribution in [0.25, 0.3) is 22.2 Å². The molecule has 0 atom stereocenters. The number of aromatic nitrogens is 1. The molecular formula is C26H31FN4O2. The lowest BCUT2D eigenvalue weighted by atomic mass is 9.79. The van der Waals surface area contributed by atoms with Crippen LogP contribution in [0.2, 0.25) is 0 Å². The highest BCUT2D eigenvalue weighted by Crippen LogP contribution is 2.43. The van der Waals surface area contributed by atoms with Crippen molar-refractivity contribution in [3.63, 3.8) is 0 Å². The van der Waals surface area contributed by atoms with Crippen molar-refractivity contribution >= 4 is 16.6 Å². The Kier molecular flexibility index (Phi) is 5.85. The highest BCUT2D eigenvalue weighted by Gasteiger charge is 2.46. The first-order valence-corrected chi connectivity index (χ1v) is 11.5. The van der Waals surface area contributed by atoms with E-state index in [0.717, 1.165) is 72.7 Å². The van der Waals surface area contributed by atoms with Gasteiger partial charge in [-0.2, -0.15) is 0 Å². The van der Waals surface area contributed by atoms with Crippen LogP contribution in [0.4, 0.5) is 10.1 Å². The molecule has 0 radical (unpaired) electrons. The lowest BCUT2D eigenvalue weighted by Crippen LogP contribution is -2.55. The van der Waals surface area contributed by atoms with Crippen LogP contribution in [0.5, 0.6) is 11.5 Å². The summed E-state index contributed by atoms with van der Waals surface area (Å²) in [6.45, 7) is 5.61. The number of methoxy groups -OCH3 is 1. The number of nitrogens with zero attached hydrogens (tertiary/aromatic N) is 3. The molecule has 2 saturated heterocycles. The fourth-order valence-electron chi connectivity index (χ4n) is 5.27. The van der Waals surface area contributed by atoms with Crippen LogP contribution in [0.15, 0.2) is 42.5 Å². The zero-order valence-corrected chi connectivity index (χ0v) is 19.5. The highest BCUT2D eigenvalue weighted by molar-refractivity contribution is 5.95. The predicted molar refractivity (Wildman–Crippen MR) is 130 cm³/mol. The molecule has 0 unspecified atom stereocenters. The molecule has 7 heteroatoms. The Morgan fingerprint density at radius 1 is 1.12 bits per heavy atom. The number of ether oxygens (including phenoxy) is 2. The monoisotopic (exact) mass is 450 g/mol. The third-order valence-electron chi connectivity index (χ3n) is 6.82. The van der Waals surface area contributed by atoms with Gasteiger partial charge < -0.3 is 24.6 Å². The van der Waals surface area contributed by atoms with E-state index in [2.05, 4.69) is 28.2 Å². The molecule has 33 heavy (non-hydrogen) atoms. The molecule has 1 N–H and O–H groups in total. The van der Waals surface area contributed by atoms with Crippen molar-refractivity contribution in [2.75, 3.05) is 65.4 Å². The van der Waals surface area contributed by atoms with Gasteiger partial charge in [0.1, 0.15) is 12.4 Å². The van der Waals surface area contributed by atoms with Gasteiger partial charge in [-0.1, -0.05) is 0 Å². The predicted octanol–water partition coefficient (Wildman–Crippen LogP) is 3.79. The average molecular weight is 451 g/mol. The summed E-state index contributed by atoms with van der Waals surface area (Å²) < 4.78 is 25.7. The summed E-state index contributed by atoms with van der Waals surface area (Å²) in [4.78, 5) is 9.65. The molecule has 2 aliphatic rings. The second kappa shape index (κ2) is 8.80. The molecular weight excluding hydrogens is 419 g/mol. The summed E-state index contributed by atoms with van der Waals surface area (Å²) in [5, 5.41) is 3.90. The number of hydrogen-bond acceptors (Lipinski definition) is 6. The van der Waals surface area contributed by atoms with Gasteiger partial charge in [0.2, 0.25) is 0 Å². The number of benzene rings is 2. The van der Waals surface area contributed by atoms with E-state index in [0.29, 0.717) is 12.0 Å². The van der Waals surface area contributed by atoms with Crippen molar-refractivity contribution in [2.24, 2.45) is 5.41 Å². The molecule has 0 saturated carbocycles. The summed E-state index contributed by atoms with van der Waals surface area (Å²) in [5.41, 5.74) is 3.99. The van der Waals surface area contributed by atoms with E-state index >= 15 is 0 Å². The quantitative estimate of drug-likeness (QED) is 0.553. The van der Waals surface area contributed by atoms with Crippen LogP contribution < -0.4 is 19.7 Å². The SMILES string of the molecule is CNCCOc1ccc(-c2cc(N3CCC4(CN(C)C4)C3)c3cc(F)c(OC)cc3n2)cc1. The number of likely N-dealkylation sites (tertiary alicyclic amines) is 1. The van der Waals surface area contributed by atoms with Gasteiger partial charge in [0, 0.05) is 60.8 Å². The molecule has 5 rings (SSSR count). The third-order valence-corrected chi connectivity index (χ3v) is 6.82. The van der Waals surface area contributed by atoms with Crippen LogP contribution >= 0.6 is 0 Å². The van der Waals surface area contributed by atoms with Crippen molar-refractivity contribution < 1.29 is 13.9 Å². The van der Waals surface area contributed by atoms with Gasteiger partial charge in [0.05, 0.1) is 18.3 Å². The molecule has 3 aromatic rings. The lowest BCUT2D eigenvalue weighted by molar-refractivity contribution is 0.0424. The fraction of sp³-hybridized carbons (Fsp3) is 0.423. The van der Waals surface area contributed by atoms with E-state index in [4.69, 9.17) is 14.5 Å². The molecule has 1 spiro atoms. The minimum Gasteiger partial charge on any atom is -0.494 e. The minimum atomic E-state index is -0.360. The lowest BCUT2D eigenvalue weighted by Gasteiger charge is -2.46. The van der Waals surface area contributed by atoms with Gasteiger partial charge in [0.25, 0.3) is 0 Å². The van der Waals surface area contributed by atoms with Crippen molar-refractivity contribution in [1.82, 2.24) is 15.2 Å². The Labute approximate surface area is 194 Å². The van der Waals surface area contributed by atoms with Crippen LogP contribution in [0.3, 0.4) is 0 Å². The number of hydrogen-bond donors (Lipinski definition) is 1. The largest absolute Gasteiger partial charge is 0.494 e. The van der Waals surface area contributed by atoms with Crippen molar-refractivity contribution in [3.8, 4) is 22.8 Å². The number of anilines is 1. The van der Waals surface area contributed by atoms with Gasteiger partial charge in [-0.15, -0.1) is 0 Å². The summed E-state index contributed by atoms with van der Waals surface area (Å²) in [6.07, 6.45) is 1.16. The van der Waals surface area contributed by atoms with E-state index in [1.165, 1.54) is 7.11 Å². The molecule has 1 aromatic heterocycles. The van der Waals surface area contributed by atoms with Gasteiger partial charge in [-0.3, -0.25) is 0 Å². The fourth-order valence-corrected chi connectivity index (χ4v) is 5.27. The van der Waals surface area contributed by atoms with Crippen molar-refractivity contribution in [2.45, 2.75) is 6.42 Å². The second-order valence-electron chi connectivity index (χ2n) is 9.35. The molecule has 2 fully saturated rings. The number of likely N-dealkylation sites (N-methyl/N-ethyl adjacent to an activating group) is 1. The maximum atomic E-state index is 14.7. The summed E-state index contributed by atoms with van der Waals surface area (Å²) in [5.74, 6) is 0.681. The first-order chi connectivity index (χ1) is 16.0. The van der Waals surface area contributed by atoms with Crippen molar-refractivity contribution in [1.29, 1.82) is 0 Å². The van der Waals surface area contributed by atoms with Gasteiger partial charge >= 0.3 is 0 Å². The molecule has 2 aliphatic heterocycles. The zero-order chi connectivity index (χ0) is 23.0. The molecule has 0 aliphatic carbocycles. The molecule has 0 amide bonds. The minimum absolute atomic E-state index is 0.213. The van der Waals surface area contributed by atoms with Crippen LogP contribution in [0, 0.1) is 11.2 Å². The Bertz CT molecular complexity index is 1150. The molecule has 0 bridgehead atoms. The van der Waals surface area contributed by atoms with E-state index in [1.54, 1.807) is 12.1 Å². The van der Waals surface area contributed by atoms with Gasteiger partial charge in [0.15, 0.2) is 11.6 Å². The maximum absolute atomic E-state index is 14.7. The van der Waals surface area contributed by atoms with Crippen LogP contribution in [0.1, 0.15) is 6.42 Å². The molecule has 3 heterocycles. The Morgan fingerprint density at radius 3 is 2.61 bits per heavy atom. The van der Waals surface area contributed by atoms with E-state index in [-0.39, 0.29) is 11.6 Å². The summed E-state index contributed by atoms with van der Waals surface area (Å²) in [6, 6.07) is 13.4. The first kappa shape index (κ1) is 21.9. The number of halogens is 1.